The molecule has 2 amide bonds. The van der Waals surface area contributed by atoms with E-state index in [9.17, 15) is 50.4 Å². The molecule has 1 aromatic carbocycles. The number of amides is 2. The van der Waals surface area contributed by atoms with Gasteiger partial charge in [0.15, 0.2) is 28.2 Å². The number of nitrogens with zero attached hydrogens (tertiary/aromatic N) is 6. The standard InChI is InChI=1S/C36H55N9O12/c1-4-44-21-8-7-19(13-22(21)45(5-2)27(44)14-39-35(56)28-33(37)41-34-20(40-28)9-10-38-34)36(57)42(3)11-6-12-43(15-23(48)29(52)31(54)25(50)17-46)16-24(49)30(53)32(55)26(51)18-47/h7-10,13,23-26,29-32,46-55H,4-6,11-12,14-18H2,1-3H3,(H3-,37,38,39,40,41,56)/p+1. The molecule has 0 bridgehead atoms. The summed E-state index contributed by atoms with van der Waals surface area (Å²) in [5.41, 5.74) is 8.95. The number of hydrogen-bond donors (Lipinski definition) is 13. The minimum Gasteiger partial charge on any atom is -0.394 e. The number of carbonyl (C=O) groups is 2. The number of carbonyl (C=O) groups excluding carboxylic acids is 2. The number of aromatic nitrogens is 5. The molecule has 14 N–H and O–H groups in total. The molecule has 0 radical (unpaired) electrons. The fraction of sp³-hybridized carbons (Fsp3) is 0.583. The Hall–Kier alpha value is -4.39. The van der Waals surface area contributed by atoms with Gasteiger partial charge in [-0.05, 0) is 38.5 Å². The highest BCUT2D eigenvalue weighted by Gasteiger charge is 2.34. The highest BCUT2D eigenvalue weighted by atomic mass is 16.4. The van der Waals surface area contributed by atoms with E-state index in [-0.39, 0.29) is 43.5 Å². The summed E-state index contributed by atoms with van der Waals surface area (Å²) in [6.07, 6.45) is -12.7. The van der Waals surface area contributed by atoms with Crippen molar-refractivity contribution < 1.29 is 65.2 Å². The van der Waals surface area contributed by atoms with Crippen molar-refractivity contribution in [2.45, 2.75) is 88.7 Å². The first-order valence-electron chi connectivity index (χ1n) is 18.7. The summed E-state index contributed by atoms with van der Waals surface area (Å²) in [6, 6.07) is 6.97. The van der Waals surface area contributed by atoms with Crippen LogP contribution in [0.5, 0.6) is 0 Å². The SMILES string of the molecule is CCn1c(CNC(=O)c2nc3cc[nH]c3nc2N)[n+](CC)c2ccc(C(=O)N(C)CCCN(CC(O)C(O)C(O)C(O)CO)CC(O)C(O)C(O)C(O)CO)cc21. The molecular weight excluding hydrogens is 750 g/mol. The summed E-state index contributed by atoms with van der Waals surface area (Å²) >= 11 is 0. The number of benzene rings is 1. The molecule has 3 heterocycles. The van der Waals surface area contributed by atoms with Gasteiger partial charge in [-0.3, -0.25) is 14.5 Å². The van der Waals surface area contributed by atoms with E-state index in [2.05, 4.69) is 20.3 Å². The van der Waals surface area contributed by atoms with Gasteiger partial charge in [0.25, 0.3) is 17.6 Å². The van der Waals surface area contributed by atoms with Gasteiger partial charge in [0.1, 0.15) is 48.7 Å². The number of nitrogens with one attached hydrogen (secondary N) is 2. The molecule has 0 saturated heterocycles. The average molecular weight is 807 g/mol. The number of nitrogens with two attached hydrogens (primary N) is 1. The van der Waals surface area contributed by atoms with Crippen molar-refractivity contribution in [2.75, 3.05) is 52.2 Å². The molecule has 0 aliphatic heterocycles. The zero-order valence-electron chi connectivity index (χ0n) is 32.1. The van der Waals surface area contributed by atoms with E-state index in [0.29, 0.717) is 29.8 Å². The number of H-pyrrole nitrogens is 1. The van der Waals surface area contributed by atoms with Crippen LogP contribution < -0.4 is 15.6 Å². The highest BCUT2D eigenvalue weighted by Crippen LogP contribution is 2.20. The second-order valence-electron chi connectivity index (χ2n) is 13.9. The quantitative estimate of drug-likeness (QED) is 0.0332. The van der Waals surface area contributed by atoms with Crippen molar-refractivity contribution in [1.82, 2.24) is 34.6 Å². The third kappa shape index (κ3) is 10.6. The molecule has 4 rings (SSSR count). The largest absolute Gasteiger partial charge is 0.394 e. The summed E-state index contributed by atoms with van der Waals surface area (Å²) < 4.78 is 4.02. The minimum atomic E-state index is -1.92. The van der Waals surface area contributed by atoms with Crippen molar-refractivity contribution >= 4 is 39.8 Å². The van der Waals surface area contributed by atoms with Crippen LogP contribution in [0.3, 0.4) is 0 Å². The second-order valence-corrected chi connectivity index (χ2v) is 13.9. The molecule has 21 nitrogen and oxygen atoms in total. The minimum absolute atomic E-state index is 0.000687. The topological polar surface area (TPSA) is 331 Å². The normalized spacial score (nSPS) is 16.3. The number of fused-ring (bicyclic) bond motifs is 2. The number of aromatic amines is 1. The Balaban J connectivity index is 1.47. The number of aliphatic hydroxyl groups excluding tert-OH is 10. The number of anilines is 1. The maximum absolute atomic E-state index is 13.7. The average Bonchev–Trinajstić information content (AvgIpc) is 3.80. The first-order valence-corrected chi connectivity index (χ1v) is 18.7. The van der Waals surface area contributed by atoms with Crippen LogP contribution in [-0.2, 0) is 19.6 Å². The number of nitrogen functional groups attached to an aromatic ring is 1. The van der Waals surface area contributed by atoms with E-state index in [1.165, 1.54) is 9.80 Å². The van der Waals surface area contributed by atoms with Crippen molar-refractivity contribution in [3.8, 4) is 0 Å². The monoisotopic (exact) mass is 806 g/mol. The van der Waals surface area contributed by atoms with Crippen molar-refractivity contribution in [2.24, 2.45) is 0 Å². The van der Waals surface area contributed by atoms with Crippen molar-refractivity contribution in [1.29, 1.82) is 0 Å². The first kappa shape index (κ1) is 45.3. The van der Waals surface area contributed by atoms with Crippen LogP contribution in [0.25, 0.3) is 22.2 Å². The van der Waals surface area contributed by atoms with E-state index >= 15 is 0 Å². The van der Waals surface area contributed by atoms with Gasteiger partial charge in [-0.25, -0.2) is 19.1 Å². The first-order chi connectivity index (χ1) is 27.1. The maximum atomic E-state index is 13.7. The van der Waals surface area contributed by atoms with Crippen LogP contribution in [0.2, 0.25) is 0 Å². The summed E-state index contributed by atoms with van der Waals surface area (Å²) in [5, 5.41) is 103. The van der Waals surface area contributed by atoms with E-state index < -0.39 is 81.0 Å². The van der Waals surface area contributed by atoms with Crippen LogP contribution in [0, 0.1) is 0 Å². The third-order valence-corrected chi connectivity index (χ3v) is 9.95. The molecule has 316 valence electrons. The lowest BCUT2D eigenvalue weighted by atomic mass is 10.0. The summed E-state index contributed by atoms with van der Waals surface area (Å²) in [5.74, 6) is -0.0684. The summed E-state index contributed by atoms with van der Waals surface area (Å²) in [6.45, 7) is 2.68. The smallest absolute Gasteiger partial charge is 0.277 e. The van der Waals surface area contributed by atoms with Gasteiger partial charge in [-0.1, -0.05) is 0 Å². The van der Waals surface area contributed by atoms with Gasteiger partial charge in [0, 0.05) is 51.1 Å². The van der Waals surface area contributed by atoms with Crippen LogP contribution in [0.15, 0.2) is 30.5 Å². The van der Waals surface area contributed by atoms with Gasteiger partial charge in [0.05, 0.1) is 38.5 Å². The predicted octanol–water partition coefficient (Wildman–Crippen LogP) is -4.61. The Kier molecular flexibility index (Phi) is 16.2. The molecule has 21 heteroatoms. The number of hydrogen-bond acceptors (Lipinski definition) is 16. The lowest BCUT2D eigenvalue weighted by Crippen LogP contribution is -2.53. The fourth-order valence-electron chi connectivity index (χ4n) is 6.70. The van der Waals surface area contributed by atoms with E-state index in [4.69, 9.17) is 15.9 Å². The number of rotatable bonds is 22. The van der Waals surface area contributed by atoms with Gasteiger partial charge in [0.2, 0.25) is 0 Å². The second kappa shape index (κ2) is 20.3. The van der Waals surface area contributed by atoms with Crippen LogP contribution in [0.1, 0.15) is 46.9 Å². The Labute approximate surface area is 327 Å². The van der Waals surface area contributed by atoms with Crippen LogP contribution in [-0.4, -0.2) is 187 Å². The van der Waals surface area contributed by atoms with Gasteiger partial charge in [-0.2, -0.15) is 0 Å². The molecule has 8 atom stereocenters. The van der Waals surface area contributed by atoms with Gasteiger partial charge in [-0.15, -0.1) is 0 Å². The Morgan fingerprint density at radius 2 is 1.47 bits per heavy atom. The number of aliphatic hydroxyl groups is 10. The number of imidazole rings is 1. The summed E-state index contributed by atoms with van der Waals surface area (Å²) in [4.78, 5) is 41.2. The molecule has 0 fully saturated rings. The third-order valence-electron chi connectivity index (χ3n) is 9.95. The van der Waals surface area contributed by atoms with Gasteiger partial charge < -0.3 is 72.0 Å². The van der Waals surface area contributed by atoms with Crippen molar-refractivity contribution in [3.05, 3.63) is 47.5 Å². The van der Waals surface area contributed by atoms with Crippen LogP contribution >= 0.6 is 0 Å². The molecule has 0 aliphatic carbocycles. The van der Waals surface area contributed by atoms with Gasteiger partial charge >= 0.3 is 0 Å². The molecule has 3 aromatic heterocycles. The zero-order valence-corrected chi connectivity index (χ0v) is 32.1. The summed E-state index contributed by atoms with van der Waals surface area (Å²) in [7, 11) is 1.58. The molecule has 0 spiro atoms. The van der Waals surface area contributed by atoms with E-state index in [0.717, 1.165) is 16.9 Å². The lowest BCUT2D eigenvalue weighted by Gasteiger charge is -2.33. The molecule has 0 saturated carbocycles. The Morgan fingerprint density at radius 1 is 0.877 bits per heavy atom. The van der Waals surface area contributed by atoms with Crippen molar-refractivity contribution in [3.63, 3.8) is 0 Å². The highest BCUT2D eigenvalue weighted by molar-refractivity contribution is 5.98. The predicted molar refractivity (Wildman–Crippen MR) is 203 cm³/mol. The molecule has 0 aliphatic rings. The zero-order chi connectivity index (χ0) is 42.1. The lowest BCUT2D eigenvalue weighted by molar-refractivity contribution is -0.676. The van der Waals surface area contributed by atoms with Crippen LogP contribution in [0.4, 0.5) is 5.82 Å². The number of aryl methyl sites for hydroxylation is 2. The molecular formula is C36H56N9O12+. The molecule has 8 unspecified atom stereocenters. The van der Waals surface area contributed by atoms with E-state index in [1.807, 2.05) is 29.0 Å². The molecule has 57 heavy (non-hydrogen) atoms. The van der Waals surface area contributed by atoms with E-state index in [1.54, 1.807) is 31.4 Å². The molecule has 4 aromatic rings. The maximum Gasteiger partial charge on any atom is 0.277 e. The fourth-order valence-corrected chi connectivity index (χ4v) is 6.70. The Morgan fingerprint density at radius 3 is 2.04 bits per heavy atom. The Bertz CT molecular complexity index is 1910.